The number of oxazole rings is 1. The molecule has 0 bridgehead atoms. The number of nitrogens with zero attached hydrogens (tertiary/aromatic N) is 1. The standard InChI is InChI=1S/C22H17FN2O4/c1-27-19-9-5-14(11-20(19)28-2)22-25-17-12-16(8-10-18(17)29-22)24-21(26)13-3-6-15(23)7-4-13/h3-12H,1-2H3,(H,24,26). The topological polar surface area (TPSA) is 73.6 Å². The van der Waals surface area contributed by atoms with Gasteiger partial charge in [0.25, 0.3) is 5.91 Å². The molecule has 1 N–H and O–H groups in total. The van der Waals surface area contributed by atoms with Gasteiger partial charge in [-0.05, 0) is 60.7 Å². The average molecular weight is 392 g/mol. The fourth-order valence-electron chi connectivity index (χ4n) is 2.90. The first-order valence-corrected chi connectivity index (χ1v) is 8.77. The van der Waals surface area contributed by atoms with Gasteiger partial charge < -0.3 is 19.2 Å². The highest BCUT2D eigenvalue weighted by molar-refractivity contribution is 6.04. The van der Waals surface area contributed by atoms with Crippen LogP contribution in [0.4, 0.5) is 10.1 Å². The summed E-state index contributed by atoms with van der Waals surface area (Å²) in [6.07, 6.45) is 0. The first-order valence-electron chi connectivity index (χ1n) is 8.77. The van der Waals surface area contributed by atoms with Gasteiger partial charge in [0.2, 0.25) is 5.89 Å². The van der Waals surface area contributed by atoms with Crippen LogP contribution in [0.3, 0.4) is 0 Å². The largest absolute Gasteiger partial charge is 0.493 e. The van der Waals surface area contributed by atoms with Crippen molar-refractivity contribution in [2.24, 2.45) is 0 Å². The smallest absolute Gasteiger partial charge is 0.255 e. The predicted octanol–water partition coefficient (Wildman–Crippen LogP) is 4.90. The van der Waals surface area contributed by atoms with E-state index in [1.165, 1.54) is 24.3 Å². The third kappa shape index (κ3) is 3.75. The molecule has 0 spiro atoms. The van der Waals surface area contributed by atoms with E-state index < -0.39 is 5.82 Å². The molecule has 3 aromatic carbocycles. The molecule has 4 rings (SSSR count). The molecular formula is C22H17FN2O4. The Kier molecular flexibility index (Phi) is 4.87. The number of hydrogen-bond donors (Lipinski definition) is 1. The second kappa shape index (κ2) is 7.63. The number of methoxy groups -OCH3 is 2. The number of rotatable bonds is 5. The monoisotopic (exact) mass is 392 g/mol. The van der Waals surface area contributed by atoms with Crippen LogP contribution in [0.25, 0.3) is 22.6 Å². The summed E-state index contributed by atoms with van der Waals surface area (Å²) in [6, 6.07) is 15.9. The van der Waals surface area contributed by atoms with Crippen molar-refractivity contribution in [1.82, 2.24) is 4.98 Å². The number of hydrogen-bond acceptors (Lipinski definition) is 5. The van der Waals surface area contributed by atoms with Crippen molar-refractivity contribution in [1.29, 1.82) is 0 Å². The summed E-state index contributed by atoms with van der Waals surface area (Å²) in [6.45, 7) is 0. The van der Waals surface area contributed by atoms with E-state index >= 15 is 0 Å². The molecular weight excluding hydrogens is 375 g/mol. The zero-order valence-electron chi connectivity index (χ0n) is 15.7. The van der Waals surface area contributed by atoms with Gasteiger partial charge >= 0.3 is 0 Å². The Bertz CT molecular complexity index is 1190. The molecule has 0 aliphatic heterocycles. The van der Waals surface area contributed by atoms with E-state index in [9.17, 15) is 9.18 Å². The Morgan fingerprint density at radius 3 is 2.45 bits per heavy atom. The minimum Gasteiger partial charge on any atom is -0.493 e. The van der Waals surface area contributed by atoms with Gasteiger partial charge in [0.05, 0.1) is 14.2 Å². The lowest BCUT2D eigenvalue weighted by Crippen LogP contribution is -2.11. The number of amides is 1. The van der Waals surface area contributed by atoms with E-state index in [4.69, 9.17) is 13.9 Å². The molecule has 4 aromatic rings. The Morgan fingerprint density at radius 1 is 0.966 bits per heavy atom. The van der Waals surface area contributed by atoms with E-state index in [1.807, 2.05) is 6.07 Å². The average Bonchev–Trinajstić information content (AvgIpc) is 3.17. The molecule has 1 aromatic heterocycles. The molecule has 0 atom stereocenters. The highest BCUT2D eigenvalue weighted by Gasteiger charge is 2.13. The van der Waals surface area contributed by atoms with Crippen LogP contribution in [0.15, 0.2) is 65.1 Å². The molecule has 0 saturated carbocycles. The van der Waals surface area contributed by atoms with Gasteiger partial charge in [0, 0.05) is 16.8 Å². The lowest BCUT2D eigenvalue weighted by atomic mass is 10.2. The SMILES string of the molecule is COc1ccc(-c2nc3cc(NC(=O)c4ccc(F)cc4)ccc3o2)cc1OC. The van der Waals surface area contributed by atoms with Crippen molar-refractivity contribution in [3.8, 4) is 23.0 Å². The number of aromatic nitrogens is 1. The molecule has 0 fully saturated rings. The van der Waals surface area contributed by atoms with Gasteiger partial charge in [-0.2, -0.15) is 0 Å². The minimum atomic E-state index is -0.395. The van der Waals surface area contributed by atoms with Crippen molar-refractivity contribution >= 4 is 22.7 Å². The second-order valence-electron chi connectivity index (χ2n) is 6.23. The summed E-state index contributed by atoms with van der Waals surface area (Å²) in [5.74, 6) is 0.863. The van der Waals surface area contributed by atoms with Gasteiger partial charge in [-0.25, -0.2) is 9.37 Å². The van der Waals surface area contributed by atoms with Crippen molar-refractivity contribution in [2.75, 3.05) is 19.5 Å². The highest BCUT2D eigenvalue weighted by atomic mass is 19.1. The minimum absolute atomic E-state index is 0.340. The molecule has 1 amide bonds. The molecule has 0 aliphatic carbocycles. The number of fused-ring (bicyclic) bond motifs is 1. The summed E-state index contributed by atoms with van der Waals surface area (Å²) in [5.41, 5.74) is 2.81. The van der Waals surface area contributed by atoms with E-state index in [2.05, 4.69) is 10.3 Å². The second-order valence-corrected chi connectivity index (χ2v) is 6.23. The molecule has 0 saturated heterocycles. The van der Waals surface area contributed by atoms with E-state index in [0.717, 1.165) is 5.56 Å². The molecule has 29 heavy (non-hydrogen) atoms. The molecule has 1 heterocycles. The normalized spacial score (nSPS) is 10.7. The van der Waals surface area contributed by atoms with Crippen molar-refractivity contribution < 1.29 is 23.1 Å². The van der Waals surface area contributed by atoms with Crippen LogP contribution in [0, 0.1) is 5.82 Å². The third-order valence-electron chi connectivity index (χ3n) is 4.38. The summed E-state index contributed by atoms with van der Waals surface area (Å²) < 4.78 is 29.4. The number of halogens is 1. The highest BCUT2D eigenvalue weighted by Crippen LogP contribution is 2.33. The van der Waals surface area contributed by atoms with Crippen LogP contribution in [-0.4, -0.2) is 25.1 Å². The molecule has 6 nitrogen and oxygen atoms in total. The van der Waals surface area contributed by atoms with Crippen molar-refractivity contribution in [3.05, 3.63) is 72.0 Å². The van der Waals surface area contributed by atoms with Crippen LogP contribution in [0.5, 0.6) is 11.5 Å². The van der Waals surface area contributed by atoms with Gasteiger partial charge in [-0.3, -0.25) is 4.79 Å². The number of carbonyl (C=O) groups is 1. The number of ether oxygens (including phenoxy) is 2. The fourth-order valence-corrected chi connectivity index (χ4v) is 2.90. The molecule has 146 valence electrons. The van der Waals surface area contributed by atoms with Crippen LogP contribution in [-0.2, 0) is 0 Å². The summed E-state index contributed by atoms with van der Waals surface area (Å²) in [5, 5.41) is 2.77. The van der Waals surface area contributed by atoms with Crippen molar-refractivity contribution in [2.45, 2.75) is 0 Å². The molecule has 7 heteroatoms. The lowest BCUT2D eigenvalue weighted by Gasteiger charge is -2.07. The first kappa shape index (κ1) is 18.5. The summed E-state index contributed by atoms with van der Waals surface area (Å²) in [7, 11) is 3.13. The van der Waals surface area contributed by atoms with Gasteiger partial charge in [-0.15, -0.1) is 0 Å². The summed E-state index contributed by atoms with van der Waals surface area (Å²) in [4.78, 5) is 16.8. The Balaban J connectivity index is 1.61. The zero-order valence-corrected chi connectivity index (χ0v) is 15.7. The third-order valence-corrected chi connectivity index (χ3v) is 4.38. The van der Waals surface area contributed by atoms with Crippen molar-refractivity contribution in [3.63, 3.8) is 0 Å². The fraction of sp³-hybridized carbons (Fsp3) is 0.0909. The lowest BCUT2D eigenvalue weighted by molar-refractivity contribution is 0.102. The first-order chi connectivity index (χ1) is 14.1. The Hall–Kier alpha value is -3.87. The maximum Gasteiger partial charge on any atom is 0.255 e. The number of anilines is 1. The van der Waals surface area contributed by atoms with Gasteiger partial charge in [0.1, 0.15) is 11.3 Å². The zero-order chi connectivity index (χ0) is 20.4. The van der Waals surface area contributed by atoms with Gasteiger partial charge in [-0.1, -0.05) is 0 Å². The predicted molar refractivity (Wildman–Crippen MR) is 107 cm³/mol. The Labute approximate surface area is 165 Å². The molecule has 0 unspecified atom stereocenters. The number of nitrogens with one attached hydrogen (secondary N) is 1. The molecule has 0 aliphatic rings. The van der Waals surface area contributed by atoms with Crippen LogP contribution >= 0.6 is 0 Å². The quantitative estimate of drug-likeness (QED) is 0.523. The number of benzene rings is 3. The van der Waals surface area contributed by atoms with Crippen LogP contribution in [0.1, 0.15) is 10.4 Å². The molecule has 0 radical (unpaired) electrons. The Morgan fingerprint density at radius 2 is 1.72 bits per heavy atom. The number of carbonyl (C=O) groups excluding carboxylic acids is 1. The van der Waals surface area contributed by atoms with E-state index in [1.54, 1.807) is 44.6 Å². The maximum absolute atomic E-state index is 13.0. The van der Waals surface area contributed by atoms with Gasteiger partial charge in [0.15, 0.2) is 17.1 Å². The van der Waals surface area contributed by atoms with E-state index in [0.29, 0.717) is 39.7 Å². The maximum atomic E-state index is 13.0. The van der Waals surface area contributed by atoms with E-state index in [-0.39, 0.29) is 5.91 Å². The van der Waals surface area contributed by atoms with Crippen LogP contribution < -0.4 is 14.8 Å². The van der Waals surface area contributed by atoms with Crippen LogP contribution in [0.2, 0.25) is 0 Å². The summed E-state index contributed by atoms with van der Waals surface area (Å²) >= 11 is 0.